The van der Waals surface area contributed by atoms with E-state index in [1.807, 2.05) is 11.8 Å². The highest BCUT2D eigenvalue weighted by atomic mass is 32.2. The van der Waals surface area contributed by atoms with Crippen molar-refractivity contribution in [2.75, 3.05) is 5.75 Å². The van der Waals surface area contributed by atoms with E-state index >= 15 is 0 Å². The van der Waals surface area contributed by atoms with Crippen LogP contribution in [0.25, 0.3) is 0 Å². The Hall–Kier alpha value is -0.960. The van der Waals surface area contributed by atoms with Crippen LogP contribution in [0.4, 0.5) is 0 Å². The molecule has 0 aliphatic heterocycles. The van der Waals surface area contributed by atoms with E-state index in [2.05, 4.69) is 38.1 Å². The van der Waals surface area contributed by atoms with E-state index in [1.54, 1.807) is 0 Å². The van der Waals surface area contributed by atoms with Gasteiger partial charge in [-0.1, -0.05) is 26.0 Å². The molecule has 94 valence electrons. The van der Waals surface area contributed by atoms with Gasteiger partial charge >= 0.3 is 0 Å². The lowest BCUT2D eigenvalue weighted by molar-refractivity contribution is -0.117. The number of amides is 1. The van der Waals surface area contributed by atoms with Gasteiger partial charge in [0, 0.05) is 11.3 Å². The van der Waals surface area contributed by atoms with Crippen molar-refractivity contribution in [1.29, 1.82) is 0 Å². The van der Waals surface area contributed by atoms with Crippen molar-refractivity contribution >= 4 is 17.7 Å². The fraction of sp³-hybridized carbons (Fsp3) is 0.500. The Bertz CT molecular complexity index is 346. The average Bonchev–Trinajstić information content (AvgIpc) is 2.27. The van der Waals surface area contributed by atoms with Gasteiger partial charge in [-0.15, -0.1) is 11.8 Å². The SMILES string of the molecule is CC(C)CCSc1ccc(CCC(N)=O)cc1. The number of benzene rings is 1. The van der Waals surface area contributed by atoms with Gasteiger partial charge in [0.1, 0.15) is 0 Å². The van der Waals surface area contributed by atoms with Gasteiger partial charge in [-0.2, -0.15) is 0 Å². The topological polar surface area (TPSA) is 43.1 Å². The highest BCUT2D eigenvalue weighted by Crippen LogP contribution is 2.21. The molecular weight excluding hydrogens is 230 g/mol. The normalized spacial score (nSPS) is 10.8. The summed E-state index contributed by atoms with van der Waals surface area (Å²) in [5.74, 6) is 1.69. The third kappa shape index (κ3) is 6.37. The Morgan fingerprint density at radius 2 is 1.94 bits per heavy atom. The number of carbonyl (C=O) groups excluding carboxylic acids is 1. The van der Waals surface area contributed by atoms with Crippen LogP contribution in [0.3, 0.4) is 0 Å². The van der Waals surface area contributed by atoms with E-state index in [-0.39, 0.29) is 5.91 Å². The first-order valence-electron chi connectivity index (χ1n) is 6.08. The first-order valence-corrected chi connectivity index (χ1v) is 7.06. The Morgan fingerprint density at radius 1 is 1.29 bits per heavy atom. The second-order valence-corrected chi connectivity index (χ2v) is 5.81. The Labute approximate surface area is 108 Å². The summed E-state index contributed by atoms with van der Waals surface area (Å²) in [6.45, 7) is 4.49. The lowest BCUT2D eigenvalue weighted by Crippen LogP contribution is -2.11. The summed E-state index contributed by atoms with van der Waals surface area (Å²) >= 11 is 1.89. The van der Waals surface area contributed by atoms with Crippen LogP contribution in [0, 0.1) is 5.92 Å². The smallest absolute Gasteiger partial charge is 0.217 e. The molecule has 2 nitrogen and oxygen atoms in total. The van der Waals surface area contributed by atoms with Crippen molar-refractivity contribution in [3.05, 3.63) is 29.8 Å². The van der Waals surface area contributed by atoms with Crippen molar-refractivity contribution in [3.8, 4) is 0 Å². The summed E-state index contributed by atoms with van der Waals surface area (Å²) in [6, 6.07) is 8.42. The number of rotatable bonds is 7. The van der Waals surface area contributed by atoms with Gasteiger partial charge in [-0.25, -0.2) is 0 Å². The molecule has 0 saturated carbocycles. The Balaban J connectivity index is 2.36. The van der Waals surface area contributed by atoms with E-state index < -0.39 is 0 Å². The average molecular weight is 251 g/mol. The summed E-state index contributed by atoms with van der Waals surface area (Å²) in [5, 5.41) is 0. The summed E-state index contributed by atoms with van der Waals surface area (Å²) < 4.78 is 0. The molecule has 0 aliphatic rings. The molecule has 0 fully saturated rings. The van der Waals surface area contributed by atoms with Crippen LogP contribution in [0.5, 0.6) is 0 Å². The third-order valence-electron chi connectivity index (χ3n) is 2.55. The maximum Gasteiger partial charge on any atom is 0.217 e. The van der Waals surface area contributed by atoms with Gasteiger partial charge in [0.15, 0.2) is 0 Å². The molecule has 0 unspecified atom stereocenters. The van der Waals surface area contributed by atoms with Gasteiger partial charge < -0.3 is 5.73 Å². The fourth-order valence-corrected chi connectivity index (χ4v) is 2.59. The van der Waals surface area contributed by atoms with Crippen LogP contribution < -0.4 is 5.73 Å². The van der Waals surface area contributed by atoms with Crippen LogP contribution in [0.1, 0.15) is 32.3 Å². The number of carbonyl (C=O) groups is 1. The van der Waals surface area contributed by atoms with Crippen LogP contribution in [0.2, 0.25) is 0 Å². The van der Waals surface area contributed by atoms with Gasteiger partial charge in [-0.05, 0) is 42.2 Å². The van der Waals surface area contributed by atoms with Gasteiger partial charge in [-0.3, -0.25) is 4.79 Å². The van der Waals surface area contributed by atoms with E-state index in [4.69, 9.17) is 5.73 Å². The monoisotopic (exact) mass is 251 g/mol. The predicted octanol–water partition coefficient (Wildman–Crippen LogP) is 3.24. The van der Waals surface area contributed by atoms with Crippen molar-refractivity contribution in [2.24, 2.45) is 11.7 Å². The number of aryl methyl sites for hydroxylation is 1. The molecule has 0 radical (unpaired) electrons. The molecule has 0 aromatic heterocycles. The highest BCUT2D eigenvalue weighted by molar-refractivity contribution is 7.99. The van der Waals surface area contributed by atoms with E-state index in [0.29, 0.717) is 6.42 Å². The molecule has 0 saturated heterocycles. The molecule has 0 atom stereocenters. The van der Waals surface area contributed by atoms with Crippen LogP contribution in [-0.4, -0.2) is 11.7 Å². The first-order chi connectivity index (χ1) is 8.08. The maximum absolute atomic E-state index is 10.7. The van der Waals surface area contributed by atoms with Crippen molar-refractivity contribution in [3.63, 3.8) is 0 Å². The largest absolute Gasteiger partial charge is 0.370 e. The van der Waals surface area contributed by atoms with Crippen molar-refractivity contribution in [2.45, 2.75) is 38.0 Å². The fourth-order valence-electron chi connectivity index (χ4n) is 1.43. The number of nitrogens with two attached hydrogens (primary N) is 1. The summed E-state index contributed by atoms with van der Waals surface area (Å²) in [6.07, 6.45) is 2.42. The molecule has 2 N–H and O–H groups in total. The molecule has 1 rings (SSSR count). The lowest BCUT2D eigenvalue weighted by atomic mass is 10.1. The highest BCUT2D eigenvalue weighted by Gasteiger charge is 1.99. The standard InChI is InChI=1S/C14H21NOS/c1-11(2)9-10-17-13-6-3-12(4-7-13)5-8-14(15)16/h3-4,6-7,11H,5,8-10H2,1-2H3,(H2,15,16). The molecule has 1 aromatic rings. The molecule has 3 heteroatoms. The molecule has 0 bridgehead atoms. The summed E-state index contributed by atoms with van der Waals surface area (Å²) in [7, 11) is 0. The second kappa shape index (κ2) is 7.38. The predicted molar refractivity (Wildman–Crippen MR) is 74.1 cm³/mol. The minimum atomic E-state index is -0.236. The molecule has 1 amide bonds. The van der Waals surface area contributed by atoms with Gasteiger partial charge in [0.25, 0.3) is 0 Å². The number of hydrogen-bond donors (Lipinski definition) is 1. The van der Waals surface area contributed by atoms with Crippen LogP contribution >= 0.6 is 11.8 Å². The number of thioether (sulfide) groups is 1. The van der Waals surface area contributed by atoms with Crippen molar-refractivity contribution in [1.82, 2.24) is 0 Å². The molecule has 0 heterocycles. The van der Waals surface area contributed by atoms with E-state index in [1.165, 1.54) is 16.9 Å². The zero-order valence-corrected chi connectivity index (χ0v) is 11.4. The van der Waals surface area contributed by atoms with Crippen molar-refractivity contribution < 1.29 is 4.79 Å². The van der Waals surface area contributed by atoms with E-state index in [9.17, 15) is 4.79 Å². The molecule has 17 heavy (non-hydrogen) atoms. The third-order valence-corrected chi connectivity index (χ3v) is 3.59. The number of primary amides is 1. The molecule has 0 aliphatic carbocycles. The minimum absolute atomic E-state index is 0.236. The Kier molecular flexibility index (Phi) is 6.12. The van der Waals surface area contributed by atoms with E-state index in [0.717, 1.165) is 18.1 Å². The summed E-state index contributed by atoms with van der Waals surface area (Å²) in [5.41, 5.74) is 6.30. The first kappa shape index (κ1) is 14.1. The Morgan fingerprint density at radius 3 is 2.47 bits per heavy atom. The quantitative estimate of drug-likeness (QED) is 0.756. The maximum atomic E-state index is 10.7. The second-order valence-electron chi connectivity index (χ2n) is 4.64. The van der Waals surface area contributed by atoms with Gasteiger partial charge in [0.2, 0.25) is 5.91 Å². The van der Waals surface area contributed by atoms with Crippen LogP contribution in [-0.2, 0) is 11.2 Å². The van der Waals surface area contributed by atoms with Crippen LogP contribution in [0.15, 0.2) is 29.2 Å². The molecule has 1 aromatic carbocycles. The minimum Gasteiger partial charge on any atom is -0.370 e. The van der Waals surface area contributed by atoms with Gasteiger partial charge in [0.05, 0.1) is 0 Å². The molecule has 0 spiro atoms. The summed E-state index contributed by atoms with van der Waals surface area (Å²) in [4.78, 5) is 12.0. The zero-order chi connectivity index (χ0) is 12.7. The zero-order valence-electron chi connectivity index (χ0n) is 10.6. The lowest BCUT2D eigenvalue weighted by Gasteiger charge is -2.05. The number of hydrogen-bond acceptors (Lipinski definition) is 2. The molecular formula is C14H21NOS.